The van der Waals surface area contributed by atoms with Crippen molar-refractivity contribution in [1.82, 2.24) is 10.2 Å². The van der Waals surface area contributed by atoms with Crippen LogP contribution in [-0.2, 0) is 11.3 Å². The lowest BCUT2D eigenvalue weighted by Gasteiger charge is -2.29. The van der Waals surface area contributed by atoms with Crippen LogP contribution in [0.4, 0.5) is 0 Å². The van der Waals surface area contributed by atoms with Gasteiger partial charge < -0.3 is 10.2 Å². The molecular weight excluding hydrogens is 304 g/mol. The number of carbonyl (C=O) groups is 1. The predicted molar refractivity (Wildman–Crippen MR) is 89.8 cm³/mol. The van der Waals surface area contributed by atoms with Crippen molar-refractivity contribution >= 4 is 28.8 Å². The lowest BCUT2D eigenvalue weighted by molar-refractivity contribution is -0.132. The van der Waals surface area contributed by atoms with Gasteiger partial charge in [-0.25, -0.2) is 0 Å². The van der Waals surface area contributed by atoms with Crippen molar-refractivity contribution in [3.8, 4) is 0 Å². The highest BCUT2D eigenvalue weighted by Crippen LogP contribution is 2.25. The summed E-state index contributed by atoms with van der Waals surface area (Å²) in [4.78, 5) is 15.6. The Bertz CT molecular complexity index is 457. The lowest BCUT2D eigenvalue weighted by Crippen LogP contribution is -2.37. The Morgan fingerprint density at radius 2 is 2.38 bits per heavy atom. The van der Waals surface area contributed by atoms with E-state index in [4.69, 9.17) is 11.6 Å². The Kier molecular flexibility index (Phi) is 6.52. The summed E-state index contributed by atoms with van der Waals surface area (Å²) in [7, 11) is 0. The third kappa shape index (κ3) is 4.97. The topological polar surface area (TPSA) is 32.3 Å². The maximum absolute atomic E-state index is 12.5. The molecule has 2 atom stereocenters. The van der Waals surface area contributed by atoms with Crippen LogP contribution in [0, 0.1) is 11.8 Å². The molecule has 1 fully saturated rings. The summed E-state index contributed by atoms with van der Waals surface area (Å²) in [6, 6.07) is 3.91. The SMILES string of the molecule is CCN(Cc1ccc(Cl)s1)C(=O)CC(C)C1CCCNC1. The number of amides is 1. The Balaban J connectivity index is 1.87. The Morgan fingerprint density at radius 3 is 2.95 bits per heavy atom. The van der Waals surface area contributed by atoms with Crippen LogP contribution in [0.15, 0.2) is 12.1 Å². The van der Waals surface area contributed by atoms with E-state index >= 15 is 0 Å². The molecule has 118 valence electrons. The number of halogens is 1. The third-order valence-electron chi connectivity index (χ3n) is 4.35. The van der Waals surface area contributed by atoms with Gasteiger partial charge in [-0.3, -0.25) is 4.79 Å². The first-order chi connectivity index (χ1) is 10.1. The molecule has 1 saturated heterocycles. The van der Waals surface area contributed by atoms with Crippen molar-refractivity contribution in [3.63, 3.8) is 0 Å². The van der Waals surface area contributed by atoms with Gasteiger partial charge >= 0.3 is 0 Å². The molecule has 2 heterocycles. The van der Waals surface area contributed by atoms with Gasteiger partial charge in [0.25, 0.3) is 0 Å². The highest BCUT2D eigenvalue weighted by Gasteiger charge is 2.24. The van der Waals surface area contributed by atoms with E-state index in [0.29, 0.717) is 24.8 Å². The minimum Gasteiger partial charge on any atom is -0.338 e. The number of rotatable bonds is 6. The first kappa shape index (κ1) is 16.8. The van der Waals surface area contributed by atoms with E-state index < -0.39 is 0 Å². The van der Waals surface area contributed by atoms with Gasteiger partial charge in [0.1, 0.15) is 0 Å². The Labute approximate surface area is 136 Å². The summed E-state index contributed by atoms with van der Waals surface area (Å²) in [5.74, 6) is 1.35. The number of carbonyl (C=O) groups excluding carboxylic acids is 1. The molecule has 1 aliphatic rings. The van der Waals surface area contributed by atoms with E-state index in [1.165, 1.54) is 12.8 Å². The number of hydrogen-bond donors (Lipinski definition) is 1. The second-order valence-corrected chi connectivity index (χ2v) is 7.70. The third-order valence-corrected chi connectivity index (χ3v) is 5.56. The fourth-order valence-corrected chi connectivity index (χ4v) is 4.04. The first-order valence-electron chi connectivity index (χ1n) is 7.82. The van der Waals surface area contributed by atoms with Crippen LogP contribution in [0.25, 0.3) is 0 Å². The average molecular weight is 329 g/mol. The zero-order valence-electron chi connectivity index (χ0n) is 12.9. The zero-order valence-corrected chi connectivity index (χ0v) is 14.5. The van der Waals surface area contributed by atoms with Crippen LogP contribution < -0.4 is 5.32 Å². The highest BCUT2D eigenvalue weighted by atomic mass is 35.5. The monoisotopic (exact) mass is 328 g/mol. The van der Waals surface area contributed by atoms with Gasteiger partial charge in [-0.05, 0) is 56.8 Å². The number of nitrogens with zero attached hydrogens (tertiary/aromatic N) is 1. The lowest BCUT2D eigenvalue weighted by atomic mass is 9.85. The molecule has 3 nitrogen and oxygen atoms in total. The molecule has 1 aromatic heterocycles. The molecule has 0 radical (unpaired) electrons. The molecule has 2 unspecified atom stereocenters. The van der Waals surface area contributed by atoms with Gasteiger partial charge in [0.05, 0.1) is 10.9 Å². The van der Waals surface area contributed by atoms with Crippen LogP contribution in [-0.4, -0.2) is 30.4 Å². The van der Waals surface area contributed by atoms with E-state index in [1.54, 1.807) is 11.3 Å². The fourth-order valence-electron chi connectivity index (χ4n) is 2.94. The van der Waals surface area contributed by atoms with Crippen LogP contribution >= 0.6 is 22.9 Å². The smallest absolute Gasteiger partial charge is 0.223 e. The molecule has 1 N–H and O–H groups in total. The maximum atomic E-state index is 12.5. The standard InChI is InChI=1S/C16H25ClN2OS/c1-3-19(11-14-6-7-15(17)21-14)16(20)9-12(2)13-5-4-8-18-10-13/h6-7,12-13,18H,3-5,8-11H2,1-2H3. The van der Waals surface area contributed by atoms with E-state index in [2.05, 4.69) is 12.2 Å². The van der Waals surface area contributed by atoms with Crippen molar-refractivity contribution in [2.75, 3.05) is 19.6 Å². The average Bonchev–Trinajstić information content (AvgIpc) is 2.90. The van der Waals surface area contributed by atoms with E-state index in [0.717, 1.165) is 28.8 Å². The van der Waals surface area contributed by atoms with Gasteiger partial charge in [-0.2, -0.15) is 0 Å². The molecule has 0 spiro atoms. The van der Waals surface area contributed by atoms with Crippen LogP contribution in [0.3, 0.4) is 0 Å². The second-order valence-electron chi connectivity index (χ2n) is 5.90. The summed E-state index contributed by atoms with van der Waals surface area (Å²) >= 11 is 7.52. The molecule has 0 bridgehead atoms. The van der Waals surface area contributed by atoms with Crippen molar-refractivity contribution < 1.29 is 4.79 Å². The second kappa shape index (κ2) is 8.16. The summed E-state index contributed by atoms with van der Waals surface area (Å²) in [6.45, 7) is 7.87. The summed E-state index contributed by atoms with van der Waals surface area (Å²) in [5.41, 5.74) is 0. The van der Waals surface area contributed by atoms with Crippen molar-refractivity contribution in [3.05, 3.63) is 21.3 Å². The minimum atomic E-state index is 0.264. The molecule has 5 heteroatoms. The van der Waals surface area contributed by atoms with Gasteiger partial charge in [-0.15, -0.1) is 11.3 Å². The van der Waals surface area contributed by atoms with Crippen LogP contribution in [0.1, 0.15) is 38.0 Å². The fraction of sp³-hybridized carbons (Fsp3) is 0.688. The largest absolute Gasteiger partial charge is 0.338 e. The molecule has 1 aromatic rings. The number of piperidine rings is 1. The van der Waals surface area contributed by atoms with Gasteiger partial charge in [-0.1, -0.05) is 18.5 Å². The van der Waals surface area contributed by atoms with Gasteiger partial charge in [0.15, 0.2) is 0 Å². The van der Waals surface area contributed by atoms with Crippen molar-refractivity contribution in [2.45, 2.75) is 39.7 Å². The first-order valence-corrected chi connectivity index (χ1v) is 9.02. The van der Waals surface area contributed by atoms with Gasteiger partial charge in [0.2, 0.25) is 5.91 Å². The van der Waals surface area contributed by atoms with Crippen LogP contribution in [0.2, 0.25) is 4.34 Å². The summed E-state index contributed by atoms with van der Waals surface area (Å²) in [5, 5.41) is 3.44. The molecule has 0 saturated carbocycles. The van der Waals surface area contributed by atoms with Crippen molar-refractivity contribution in [2.24, 2.45) is 11.8 Å². The minimum absolute atomic E-state index is 0.264. The molecule has 1 aliphatic heterocycles. The normalized spacial score (nSPS) is 20.2. The maximum Gasteiger partial charge on any atom is 0.223 e. The number of thiophene rings is 1. The van der Waals surface area contributed by atoms with E-state index in [-0.39, 0.29) is 5.91 Å². The van der Waals surface area contributed by atoms with Gasteiger partial charge in [0, 0.05) is 17.8 Å². The molecular formula is C16H25ClN2OS. The predicted octanol–water partition coefficient (Wildman–Crippen LogP) is 3.78. The molecule has 2 rings (SSSR count). The zero-order chi connectivity index (χ0) is 15.2. The molecule has 21 heavy (non-hydrogen) atoms. The quantitative estimate of drug-likeness (QED) is 0.862. The van der Waals surface area contributed by atoms with E-state index in [9.17, 15) is 4.79 Å². The Morgan fingerprint density at radius 1 is 1.57 bits per heavy atom. The molecule has 0 aliphatic carbocycles. The van der Waals surface area contributed by atoms with Crippen LogP contribution in [0.5, 0.6) is 0 Å². The summed E-state index contributed by atoms with van der Waals surface area (Å²) in [6.07, 6.45) is 3.13. The van der Waals surface area contributed by atoms with E-state index in [1.807, 2.05) is 24.0 Å². The van der Waals surface area contributed by atoms with Crippen molar-refractivity contribution in [1.29, 1.82) is 0 Å². The summed E-state index contributed by atoms with van der Waals surface area (Å²) < 4.78 is 0.787. The number of nitrogens with one attached hydrogen (secondary N) is 1. The molecule has 0 aromatic carbocycles. The highest BCUT2D eigenvalue weighted by molar-refractivity contribution is 7.16. The Hall–Kier alpha value is -0.580. The molecule has 1 amide bonds. The number of hydrogen-bond acceptors (Lipinski definition) is 3.